The van der Waals surface area contributed by atoms with Crippen molar-refractivity contribution in [2.24, 2.45) is 11.0 Å². The van der Waals surface area contributed by atoms with Crippen LogP contribution >= 0.6 is 0 Å². The van der Waals surface area contributed by atoms with E-state index in [0.29, 0.717) is 5.69 Å². The fraction of sp³-hybridized carbons (Fsp3) is 0.364. The lowest BCUT2D eigenvalue weighted by molar-refractivity contribution is -0.0472. The number of rotatable bonds is 9. The minimum atomic E-state index is -5.57. The summed E-state index contributed by atoms with van der Waals surface area (Å²) in [6.45, 7) is 4.30. The molecule has 2 aromatic carbocycles. The summed E-state index contributed by atoms with van der Waals surface area (Å²) in [5.41, 5.74) is -0.811. The van der Waals surface area contributed by atoms with Crippen molar-refractivity contribution < 1.29 is 31.1 Å². The molecule has 1 amide bonds. The highest BCUT2D eigenvalue weighted by atomic mass is 32.2. The number of anilines is 1. The molecular weight excluding hydrogens is 473 g/mol. The second-order valence-corrected chi connectivity index (χ2v) is 9.32. The molecule has 0 fully saturated rings. The number of carbonyl (C=O) groups is 1. The number of amides is 1. The summed E-state index contributed by atoms with van der Waals surface area (Å²) >= 11 is 0. The Labute approximate surface area is 196 Å². The summed E-state index contributed by atoms with van der Waals surface area (Å²) in [4.78, 5) is 11.8. The van der Waals surface area contributed by atoms with Crippen molar-refractivity contribution in [3.63, 3.8) is 0 Å². The summed E-state index contributed by atoms with van der Waals surface area (Å²) < 4.78 is 68.2. The number of benzene rings is 2. The molecule has 0 aliphatic rings. The van der Waals surface area contributed by atoms with Crippen molar-refractivity contribution in [3.8, 4) is 0 Å². The van der Waals surface area contributed by atoms with Gasteiger partial charge in [-0.05, 0) is 30.2 Å². The summed E-state index contributed by atoms with van der Waals surface area (Å²) in [6, 6.07) is 15.8. The van der Waals surface area contributed by atoms with Crippen LogP contribution in [-0.4, -0.2) is 36.7 Å². The van der Waals surface area contributed by atoms with E-state index in [2.05, 4.69) is 15.8 Å². The van der Waals surface area contributed by atoms with E-state index in [9.17, 15) is 26.4 Å². The van der Waals surface area contributed by atoms with E-state index < -0.39 is 34.1 Å². The predicted molar refractivity (Wildman–Crippen MR) is 123 cm³/mol. The predicted octanol–water partition coefficient (Wildman–Crippen LogP) is 4.67. The number of hydrogen-bond acceptors (Lipinski definition) is 6. The first-order valence-corrected chi connectivity index (χ1v) is 11.9. The standard InChI is InChI=1S/C22H27F3N4O4S/c1-4-29(34(31,32)22(23,24)25)20(16(2)3)28-27-19-12-10-17(11-13-19)14-26-21(30)33-15-18-8-6-5-7-9-18/h5-13,16,27H,4,14-15H2,1-3H3,(H,26,30)/b28-20-. The molecule has 12 heteroatoms. The van der Waals surface area contributed by atoms with Crippen molar-refractivity contribution in [3.05, 3.63) is 65.7 Å². The van der Waals surface area contributed by atoms with Gasteiger partial charge in [0, 0.05) is 19.0 Å². The van der Waals surface area contributed by atoms with Gasteiger partial charge in [0.1, 0.15) is 12.4 Å². The zero-order valence-electron chi connectivity index (χ0n) is 19.0. The van der Waals surface area contributed by atoms with E-state index in [-0.39, 0.29) is 23.3 Å². The number of carbonyl (C=O) groups excluding carboxylic acids is 1. The highest BCUT2D eigenvalue weighted by molar-refractivity contribution is 7.90. The fourth-order valence-electron chi connectivity index (χ4n) is 2.82. The zero-order chi connectivity index (χ0) is 25.4. The smallest absolute Gasteiger partial charge is 0.445 e. The first-order chi connectivity index (χ1) is 16.0. The third-order valence-electron chi connectivity index (χ3n) is 4.54. The number of alkyl halides is 3. The van der Waals surface area contributed by atoms with Gasteiger partial charge in [-0.15, -0.1) is 0 Å². The Bertz CT molecular complexity index is 1070. The van der Waals surface area contributed by atoms with Crippen molar-refractivity contribution in [2.45, 2.75) is 39.4 Å². The highest BCUT2D eigenvalue weighted by Gasteiger charge is 2.51. The second-order valence-electron chi connectivity index (χ2n) is 7.46. The molecule has 8 nitrogen and oxygen atoms in total. The van der Waals surface area contributed by atoms with Crippen LogP contribution in [0.2, 0.25) is 0 Å². The fourth-order valence-corrected chi connectivity index (χ4v) is 3.91. The van der Waals surface area contributed by atoms with Crippen LogP contribution in [-0.2, 0) is 27.9 Å². The minimum Gasteiger partial charge on any atom is -0.445 e. The molecule has 2 N–H and O–H groups in total. The molecule has 0 aliphatic heterocycles. The maximum absolute atomic E-state index is 13.0. The summed E-state index contributed by atoms with van der Waals surface area (Å²) in [5, 5.41) is 6.54. The number of nitrogens with zero attached hydrogens (tertiary/aromatic N) is 2. The molecule has 2 aromatic rings. The van der Waals surface area contributed by atoms with Gasteiger partial charge < -0.3 is 10.1 Å². The molecule has 0 atom stereocenters. The molecule has 2 rings (SSSR count). The third kappa shape index (κ3) is 7.37. The van der Waals surface area contributed by atoms with Crippen molar-refractivity contribution in [2.75, 3.05) is 12.0 Å². The normalized spacial score (nSPS) is 12.4. The number of halogens is 3. The Hall–Kier alpha value is -3.28. The van der Waals surface area contributed by atoms with Gasteiger partial charge in [-0.25, -0.2) is 9.10 Å². The topological polar surface area (TPSA) is 100 Å². The average Bonchev–Trinajstić information content (AvgIpc) is 2.79. The Balaban J connectivity index is 1.98. The van der Waals surface area contributed by atoms with Crippen molar-refractivity contribution in [1.29, 1.82) is 0 Å². The molecular formula is C22H27F3N4O4S. The zero-order valence-corrected chi connectivity index (χ0v) is 19.8. The number of hydrogen-bond donors (Lipinski definition) is 2. The first-order valence-electron chi connectivity index (χ1n) is 10.4. The van der Waals surface area contributed by atoms with Crippen LogP contribution in [0.15, 0.2) is 59.7 Å². The number of amidine groups is 1. The van der Waals surface area contributed by atoms with Crippen LogP contribution in [0.4, 0.5) is 23.7 Å². The Kier molecular flexibility index (Phi) is 9.30. The van der Waals surface area contributed by atoms with Crippen molar-refractivity contribution >= 4 is 27.6 Å². The third-order valence-corrected chi connectivity index (χ3v) is 6.16. The van der Waals surface area contributed by atoms with E-state index in [4.69, 9.17) is 4.74 Å². The Morgan fingerprint density at radius 1 is 1.06 bits per heavy atom. The van der Waals surface area contributed by atoms with Crippen LogP contribution in [0, 0.1) is 5.92 Å². The number of hydrazone groups is 1. The van der Waals surface area contributed by atoms with Gasteiger partial charge in [-0.3, -0.25) is 5.43 Å². The van der Waals surface area contributed by atoms with E-state index in [1.807, 2.05) is 30.3 Å². The molecule has 186 valence electrons. The summed E-state index contributed by atoms with van der Waals surface area (Å²) in [7, 11) is -5.57. The maximum atomic E-state index is 13.0. The maximum Gasteiger partial charge on any atom is 0.516 e. The van der Waals surface area contributed by atoms with Crippen LogP contribution in [0.3, 0.4) is 0 Å². The lowest BCUT2D eigenvalue weighted by Gasteiger charge is -2.27. The quantitative estimate of drug-likeness (QED) is 0.296. The molecule has 0 bridgehead atoms. The van der Waals surface area contributed by atoms with Crippen LogP contribution in [0.1, 0.15) is 31.9 Å². The van der Waals surface area contributed by atoms with Gasteiger partial charge in [-0.1, -0.05) is 56.3 Å². The number of sulfonamides is 1. The molecule has 0 saturated carbocycles. The second kappa shape index (κ2) is 11.7. The average molecular weight is 501 g/mol. The van der Waals surface area contributed by atoms with Crippen molar-refractivity contribution in [1.82, 2.24) is 9.62 Å². The van der Waals surface area contributed by atoms with E-state index in [1.165, 1.54) is 6.92 Å². The molecule has 0 aliphatic carbocycles. The Morgan fingerprint density at radius 2 is 1.68 bits per heavy atom. The monoisotopic (exact) mass is 500 g/mol. The molecule has 0 unspecified atom stereocenters. The SMILES string of the molecule is CCN(/C(=N\Nc1ccc(CNC(=O)OCc2ccccc2)cc1)C(C)C)S(=O)(=O)C(F)(F)F. The van der Waals surface area contributed by atoms with E-state index >= 15 is 0 Å². The van der Waals surface area contributed by atoms with Crippen LogP contribution in [0.25, 0.3) is 0 Å². The molecule has 0 aromatic heterocycles. The lowest BCUT2D eigenvalue weighted by atomic mass is 10.2. The lowest BCUT2D eigenvalue weighted by Crippen LogP contribution is -2.46. The van der Waals surface area contributed by atoms with Gasteiger partial charge in [0.15, 0.2) is 0 Å². The van der Waals surface area contributed by atoms with Gasteiger partial charge >= 0.3 is 21.6 Å². The molecule has 0 spiro atoms. The van der Waals surface area contributed by atoms with Gasteiger partial charge in [0.25, 0.3) is 0 Å². The van der Waals surface area contributed by atoms with Crippen LogP contribution in [0.5, 0.6) is 0 Å². The molecule has 34 heavy (non-hydrogen) atoms. The van der Waals surface area contributed by atoms with Gasteiger partial charge in [-0.2, -0.15) is 26.7 Å². The number of nitrogens with one attached hydrogen (secondary N) is 2. The largest absolute Gasteiger partial charge is 0.516 e. The van der Waals surface area contributed by atoms with E-state index in [1.54, 1.807) is 38.1 Å². The Morgan fingerprint density at radius 3 is 2.21 bits per heavy atom. The molecule has 0 radical (unpaired) electrons. The molecule has 0 heterocycles. The number of alkyl carbamates (subject to hydrolysis) is 1. The van der Waals surface area contributed by atoms with E-state index in [0.717, 1.165) is 11.1 Å². The summed E-state index contributed by atoms with van der Waals surface area (Å²) in [6.07, 6.45) is -0.581. The minimum absolute atomic E-state index is 0.143. The first kappa shape index (κ1) is 27.0. The van der Waals surface area contributed by atoms with Gasteiger partial charge in [0.05, 0.1) is 5.69 Å². The van der Waals surface area contributed by atoms with Gasteiger partial charge in [0.2, 0.25) is 0 Å². The molecule has 0 saturated heterocycles. The van der Waals surface area contributed by atoms with Crippen LogP contribution < -0.4 is 10.7 Å². The summed E-state index contributed by atoms with van der Waals surface area (Å²) in [5.74, 6) is -0.873. The number of ether oxygens (including phenoxy) is 1. The highest BCUT2D eigenvalue weighted by Crippen LogP contribution is 2.28.